The summed E-state index contributed by atoms with van der Waals surface area (Å²) in [5.74, 6) is 0.189. The van der Waals surface area contributed by atoms with Crippen molar-refractivity contribution in [1.82, 2.24) is 14.7 Å². The van der Waals surface area contributed by atoms with Crippen molar-refractivity contribution in [2.24, 2.45) is 5.92 Å². The molecule has 0 unspecified atom stereocenters. The van der Waals surface area contributed by atoms with Crippen molar-refractivity contribution in [3.05, 3.63) is 46.2 Å². The lowest BCUT2D eigenvalue weighted by Crippen LogP contribution is -2.35. The number of halogens is 1. The van der Waals surface area contributed by atoms with Crippen LogP contribution >= 0.6 is 15.9 Å². The van der Waals surface area contributed by atoms with E-state index in [0.29, 0.717) is 31.2 Å². The predicted octanol–water partition coefficient (Wildman–Crippen LogP) is 3.75. The zero-order valence-electron chi connectivity index (χ0n) is 15.7. The summed E-state index contributed by atoms with van der Waals surface area (Å²) in [6, 6.07) is 7.78. The molecule has 7 heteroatoms. The van der Waals surface area contributed by atoms with E-state index in [2.05, 4.69) is 21.0 Å². The Morgan fingerprint density at radius 1 is 1.37 bits per heavy atom. The van der Waals surface area contributed by atoms with Crippen LogP contribution in [0.2, 0.25) is 0 Å². The van der Waals surface area contributed by atoms with Crippen LogP contribution < -0.4 is 0 Å². The minimum atomic E-state index is -0.271. The van der Waals surface area contributed by atoms with E-state index < -0.39 is 0 Å². The van der Waals surface area contributed by atoms with Gasteiger partial charge in [-0.05, 0) is 50.8 Å². The zero-order chi connectivity index (χ0) is 19.4. The van der Waals surface area contributed by atoms with Crippen LogP contribution in [-0.2, 0) is 9.53 Å². The van der Waals surface area contributed by atoms with Gasteiger partial charge in [0.15, 0.2) is 0 Å². The van der Waals surface area contributed by atoms with E-state index in [1.54, 1.807) is 22.7 Å². The summed E-state index contributed by atoms with van der Waals surface area (Å²) in [6.45, 7) is 5.08. The van der Waals surface area contributed by atoms with Crippen LogP contribution in [0.5, 0.6) is 0 Å². The SMILES string of the molecule is CCOC(=O)CCN(CC1CC1)C(=O)c1cnn(-c2cccc(Br)c2)c1C. The summed E-state index contributed by atoms with van der Waals surface area (Å²) in [6.07, 6.45) is 4.10. The first kappa shape index (κ1) is 19.6. The molecule has 0 N–H and O–H groups in total. The number of esters is 1. The lowest BCUT2D eigenvalue weighted by atomic mass is 10.2. The molecule has 0 atom stereocenters. The highest BCUT2D eigenvalue weighted by atomic mass is 79.9. The third-order valence-corrected chi connectivity index (χ3v) is 5.14. The Labute approximate surface area is 167 Å². The molecular formula is C20H24BrN3O3. The Hall–Kier alpha value is -2.15. The molecular weight excluding hydrogens is 410 g/mol. The molecule has 0 aliphatic heterocycles. The average Bonchev–Trinajstić information content (AvgIpc) is 3.38. The van der Waals surface area contributed by atoms with Crippen molar-refractivity contribution in [3.8, 4) is 5.69 Å². The van der Waals surface area contributed by atoms with E-state index in [9.17, 15) is 9.59 Å². The van der Waals surface area contributed by atoms with E-state index in [1.807, 2.05) is 31.2 Å². The van der Waals surface area contributed by atoms with Crippen LogP contribution in [0.15, 0.2) is 34.9 Å². The molecule has 2 aromatic rings. The summed E-state index contributed by atoms with van der Waals surface area (Å²) in [7, 11) is 0. The fraction of sp³-hybridized carbons (Fsp3) is 0.450. The molecule has 1 aliphatic carbocycles. The third kappa shape index (κ3) is 4.97. The maximum atomic E-state index is 13.1. The van der Waals surface area contributed by atoms with Crippen molar-refractivity contribution in [3.63, 3.8) is 0 Å². The largest absolute Gasteiger partial charge is 0.466 e. The molecule has 1 heterocycles. The Balaban J connectivity index is 1.78. The topological polar surface area (TPSA) is 64.4 Å². The molecule has 1 aromatic carbocycles. The van der Waals surface area contributed by atoms with Gasteiger partial charge in [-0.1, -0.05) is 22.0 Å². The smallest absolute Gasteiger partial charge is 0.307 e. The molecule has 0 radical (unpaired) electrons. The second-order valence-electron chi connectivity index (χ2n) is 6.78. The minimum absolute atomic E-state index is 0.0788. The number of nitrogens with zero attached hydrogens (tertiary/aromatic N) is 3. The predicted molar refractivity (Wildman–Crippen MR) is 106 cm³/mol. The molecule has 1 amide bonds. The summed E-state index contributed by atoms with van der Waals surface area (Å²) in [4.78, 5) is 26.6. The van der Waals surface area contributed by atoms with Crippen molar-refractivity contribution in [2.45, 2.75) is 33.1 Å². The van der Waals surface area contributed by atoms with Gasteiger partial charge in [-0.15, -0.1) is 0 Å². The minimum Gasteiger partial charge on any atom is -0.466 e. The standard InChI is InChI=1S/C20H24BrN3O3/c1-3-27-19(25)9-10-23(13-15-7-8-15)20(26)18-12-22-24(14(18)2)17-6-4-5-16(21)11-17/h4-6,11-12,15H,3,7-10,13H2,1-2H3. The van der Waals surface area contributed by atoms with E-state index in [1.165, 1.54) is 0 Å². The summed E-state index contributed by atoms with van der Waals surface area (Å²) < 4.78 is 7.71. The van der Waals surface area contributed by atoms with E-state index in [0.717, 1.165) is 28.7 Å². The number of ether oxygens (including phenoxy) is 1. The van der Waals surface area contributed by atoms with E-state index >= 15 is 0 Å². The maximum absolute atomic E-state index is 13.1. The molecule has 6 nitrogen and oxygen atoms in total. The Bertz CT molecular complexity index is 830. The van der Waals surface area contributed by atoms with Crippen LogP contribution in [-0.4, -0.2) is 46.3 Å². The Morgan fingerprint density at radius 2 is 2.15 bits per heavy atom. The molecule has 0 spiro atoms. The number of carbonyl (C=O) groups excluding carboxylic acids is 2. The van der Waals surface area contributed by atoms with E-state index in [-0.39, 0.29) is 18.3 Å². The quantitative estimate of drug-likeness (QED) is 0.594. The normalized spacial score (nSPS) is 13.4. The molecule has 3 rings (SSSR count). The monoisotopic (exact) mass is 433 g/mol. The fourth-order valence-corrected chi connectivity index (χ4v) is 3.39. The number of benzene rings is 1. The highest BCUT2D eigenvalue weighted by Gasteiger charge is 2.29. The van der Waals surface area contributed by atoms with Crippen LogP contribution in [0, 0.1) is 12.8 Å². The number of hydrogen-bond acceptors (Lipinski definition) is 4. The summed E-state index contributed by atoms with van der Waals surface area (Å²) in [5.41, 5.74) is 2.25. The summed E-state index contributed by atoms with van der Waals surface area (Å²) in [5, 5.41) is 4.41. The number of carbonyl (C=O) groups is 2. The van der Waals surface area contributed by atoms with Gasteiger partial charge in [-0.3, -0.25) is 9.59 Å². The number of hydrogen-bond donors (Lipinski definition) is 0. The van der Waals surface area contributed by atoms with Gasteiger partial charge in [-0.25, -0.2) is 4.68 Å². The zero-order valence-corrected chi connectivity index (χ0v) is 17.2. The number of rotatable bonds is 8. The van der Waals surface area contributed by atoms with Gasteiger partial charge in [0.1, 0.15) is 0 Å². The van der Waals surface area contributed by atoms with Crippen LogP contribution in [0.25, 0.3) is 5.69 Å². The fourth-order valence-electron chi connectivity index (χ4n) is 3.01. The van der Waals surface area contributed by atoms with Crippen molar-refractivity contribution >= 4 is 27.8 Å². The van der Waals surface area contributed by atoms with E-state index in [4.69, 9.17) is 4.74 Å². The Morgan fingerprint density at radius 3 is 2.81 bits per heavy atom. The van der Waals surface area contributed by atoms with Gasteiger partial charge in [-0.2, -0.15) is 5.10 Å². The lowest BCUT2D eigenvalue weighted by molar-refractivity contribution is -0.143. The van der Waals surface area contributed by atoms with Gasteiger partial charge in [0.25, 0.3) is 5.91 Å². The van der Waals surface area contributed by atoms with Crippen molar-refractivity contribution in [1.29, 1.82) is 0 Å². The first-order valence-corrected chi connectivity index (χ1v) is 10.0. The van der Waals surface area contributed by atoms with Crippen LogP contribution in [0.3, 0.4) is 0 Å². The highest BCUT2D eigenvalue weighted by molar-refractivity contribution is 9.10. The van der Waals surface area contributed by atoms with Gasteiger partial charge >= 0.3 is 5.97 Å². The summed E-state index contributed by atoms with van der Waals surface area (Å²) >= 11 is 3.46. The molecule has 0 bridgehead atoms. The second-order valence-corrected chi connectivity index (χ2v) is 7.70. The van der Waals surface area contributed by atoms with Gasteiger partial charge in [0.2, 0.25) is 0 Å². The number of aromatic nitrogens is 2. The van der Waals surface area contributed by atoms with Gasteiger partial charge in [0, 0.05) is 17.6 Å². The average molecular weight is 434 g/mol. The lowest BCUT2D eigenvalue weighted by Gasteiger charge is -2.22. The molecule has 1 fully saturated rings. The Kier molecular flexibility index (Phi) is 6.31. The highest BCUT2D eigenvalue weighted by Crippen LogP contribution is 2.30. The molecule has 1 saturated carbocycles. The van der Waals surface area contributed by atoms with Gasteiger partial charge < -0.3 is 9.64 Å². The molecule has 27 heavy (non-hydrogen) atoms. The van der Waals surface area contributed by atoms with Crippen molar-refractivity contribution < 1.29 is 14.3 Å². The second kappa shape index (κ2) is 8.69. The van der Waals surface area contributed by atoms with Gasteiger partial charge in [0.05, 0.1) is 36.2 Å². The van der Waals surface area contributed by atoms with Crippen LogP contribution in [0.4, 0.5) is 0 Å². The first-order chi connectivity index (χ1) is 13.0. The molecule has 144 valence electrons. The van der Waals surface area contributed by atoms with Crippen molar-refractivity contribution in [2.75, 3.05) is 19.7 Å². The number of amides is 1. The molecule has 1 aliphatic rings. The third-order valence-electron chi connectivity index (χ3n) is 4.65. The maximum Gasteiger partial charge on any atom is 0.307 e. The first-order valence-electron chi connectivity index (χ1n) is 9.25. The van der Waals surface area contributed by atoms with Crippen LogP contribution in [0.1, 0.15) is 42.2 Å². The molecule has 0 saturated heterocycles. The molecule has 1 aromatic heterocycles.